The molecule has 2 aromatic carbocycles. The first-order valence-electron chi connectivity index (χ1n) is 10.9. The summed E-state index contributed by atoms with van der Waals surface area (Å²) in [6.45, 7) is 4.39. The fourth-order valence-corrected chi connectivity index (χ4v) is 4.08. The number of aromatic nitrogens is 1. The number of alkyl halides is 4. The molecular weight excluding hydrogens is 564 g/mol. The maximum absolute atomic E-state index is 16.8. The Morgan fingerprint density at radius 2 is 1.72 bits per heavy atom. The van der Waals surface area contributed by atoms with Crippen LogP contribution in [-0.4, -0.2) is 22.5 Å². The second-order valence-corrected chi connectivity index (χ2v) is 10.2. The third-order valence-electron chi connectivity index (χ3n) is 5.68. The van der Waals surface area contributed by atoms with E-state index in [4.69, 9.17) is 16.3 Å². The van der Waals surface area contributed by atoms with Crippen molar-refractivity contribution in [3.63, 3.8) is 0 Å². The van der Waals surface area contributed by atoms with E-state index < -0.39 is 35.0 Å². The number of hydrogen-bond donors (Lipinski definition) is 1. The first-order valence-corrected chi connectivity index (χ1v) is 12.1. The Morgan fingerprint density at radius 1 is 1.06 bits per heavy atom. The molecule has 2 atom stereocenters. The summed E-state index contributed by atoms with van der Waals surface area (Å²) in [5, 5.41) is 3.19. The minimum absolute atomic E-state index is 0.0518. The van der Waals surface area contributed by atoms with Crippen LogP contribution in [0.15, 0.2) is 71.3 Å². The molecule has 3 rings (SSSR count). The number of amides is 1. The van der Waals surface area contributed by atoms with Crippen LogP contribution in [0.5, 0.6) is 5.88 Å². The molecule has 0 radical (unpaired) electrons. The van der Waals surface area contributed by atoms with Gasteiger partial charge in [0.25, 0.3) is 5.91 Å². The van der Waals surface area contributed by atoms with Crippen LogP contribution in [0.2, 0.25) is 5.02 Å². The summed E-state index contributed by atoms with van der Waals surface area (Å²) >= 11 is 9.33. The molecule has 3 aromatic rings. The van der Waals surface area contributed by atoms with E-state index in [0.717, 1.165) is 12.1 Å². The number of carbonyl (C=O) groups is 1. The van der Waals surface area contributed by atoms with Gasteiger partial charge in [0.1, 0.15) is 0 Å². The first kappa shape index (κ1) is 27.9. The highest BCUT2D eigenvalue weighted by Gasteiger charge is 2.42. The van der Waals surface area contributed by atoms with Crippen molar-refractivity contribution in [3.8, 4) is 5.88 Å². The van der Waals surface area contributed by atoms with Crippen molar-refractivity contribution in [2.75, 3.05) is 0 Å². The molecule has 0 aliphatic carbocycles. The van der Waals surface area contributed by atoms with E-state index in [1.54, 1.807) is 55.5 Å². The van der Waals surface area contributed by atoms with Crippen molar-refractivity contribution in [2.45, 2.75) is 50.7 Å². The lowest BCUT2D eigenvalue weighted by Crippen LogP contribution is -2.55. The van der Waals surface area contributed by atoms with Crippen molar-refractivity contribution in [1.82, 2.24) is 10.3 Å². The predicted molar refractivity (Wildman–Crippen MR) is 134 cm³/mol. The Morgan fingerprint density at radius 3 is 2.28 bits per heavy atom. The second kappa shape index (κ2) is 10.8. The largest absolute Gasteiger partial charge is 0.462 e. The fourth-order valence-electron chi connectivity index (χ4n) is 3.55. The van der Waals surface area contributed by atoms with Gasteiger partial charge in [-0.2, -0.15) is 13.2 Å². The summed E-state index contributed by atoms with van der Waals surface area (Å²) in [6.07, 6.45) is -3.98. The Labute approximate surface area is 220 Å². The molecule has 4 nitrogen and oxygen atoms in total. The van der Waals surface area contributed by atoms with Crippen LogP contribution in [0.25, 0.3) is 0 Å². The Bertz CT molecular complexity index is 1200. The molecule has 1 amide bonds. The Hall–Kier alpha value is -2.65. The zero-order chi connectivity index (χ0) is 26.7. The van der Waals surface area contributed by atoms with Crippen molar-refractivity contribution >= 4 is 33.4 Å². The molecule has 0 aliphatic rings. The van der Waals surface area contributed by atoms with Crippen LogP contribution in [0, 0.1) is 0 Å². The normalized spacial score (nSPS) is 14.6. The van der Waals surface area contributed by atoms with Gasteiger partial charge in [0, 0.05) is 28.2 Å². The van der Waals surface area contributed by atoms with E-state index in [2.05, 4.69) is 26.2 Å². The van der Waals surface area contributed by atoms with Gasteiger partial charge in [-0.1, -0.05) is 51.8 Å². The number of ether oxygens (including phenoxy) is 1. The lowest BCUT2D eigenvalue weighted by Gasteiger charge is -2.35. The lowest BCUT2D eigenvalue weighted by molar-refractivity contribution is -0.138. The molecule has 0 saturated heterocycles. The molecular formula is C26H24BrClF4N2O2. The van der Waals surface area contributed by atoms with Crippen molar-refractivity contribution < 1.29 is 27.1 Å². The average Bonchev–Trinajstić information content (AvgIpc) is 2.80. The highest BCUT2D eigenvalue weighted by atomic mass is 79.9. The topological polar surface area (TPSA) is 51.2 Å². The van der Waals surface area contributed by atoms with Gasteiger partial charge in [-0.05, 0) is 62.2 Å². The number of nitrogens with one attached hydrogen (secondary N) is 1. The van der Waals surface area contributed by atoms with E-state index in [9.17, 15) is 18.0 Å². The van der Waals surface area contributed by atoms with E-state index in [1.165, 1.54) is 13.8 Å². The number of nitrogens with zero attached hydrogens (tertiary/aromatic N) is 1. The summed E-state index contributed by atoms with van der Waals surface area (Å²) in [5.41, 5.74) is -3.49. The number of carbonyl (C=O) groups excluding carboxylic acids is 1. The minimum Gasteiger partial charge on any atom is -0.462 e. The van der Waals surface area contributed by atoms with Crippen molar-refractivity contribution in [3.05, 3.63) is 93.0 Å². The monoisotopic (exact) mass is 586 g/mol. The predicted octanol–water partition coefficient (Wildman–Crippen LogP) is 7.29. The lowest BCUT2D eigenvalue weighted by atomic mass is 9.83. The zero-order valence-electron chi connectivity index (χ0n) is 19.7. The molecule has 0 fully saturated rings. The van der Waals surface area contributed by atoms with Crippen LogP contribution in [0.1, 0.15) is 37.5 Å². The Balaban J connectivity index is 1.82. The molecule has 0 spiro atoms. The molecule has 36 heavy (non-hydrogen) atoms. The first-order chi connectivity index (χ1) is 16.7. The second-order valence-electron chi connectivity index (χ2n) is 8.87. The van der Waals surface area contributed by atoms with Crippen LogP contribution < -0.4 is 10.1 Å². The van der Waals surface area contributed by atoms with Gasteiger partial charge in [-0.3, -0.25) is 4.79 Å². The summed E-state index contributed by atoms with van der Waals surface area (Å²) in [7, 11) is 0. The maximum atomic E-state index is 16.8. The van der Waals surface area contributed by atoms with Crippen LogP contribution in [-0.2, 0) is 23.1 Å². The highest BCUT2D eigenvalue weighted by molar-refractivity contribution is 9.10. The molecule has 0 saturated carbocycles. The van der Waals surface area contributed by atoms with E-state index in [-0.39, 0.29) is 12.3 Å². The third kappa shape index (κ3) is 6.76. The van der Waals surface area contributed by atoms with Gasteiger partial charge in [0.2, 0.25) is 5.88 Å². The van der Waals surface area contributed by atoms with Crippen LogP contribution in [0.4, 0.5) is 17.6 Å². The molecule has 1 aromatic heterocycles. The molecule has 1 N–H and O–H groups in total. The van der Waals surface area contributed by atoms with Crippen LogP contribution >= 0.6 is 27.5 Å². The quantitative estimate of drug-likeness (QED) is 0.282. The number of benzene rings is 2. The van der Waals surface area contributed by atoms with E-state index in [1.807, 2.05) is 0 Å². The molecule has 1 heterocycles. The Kier molecular flexibility index (Phi) is 8.35. The smallest absolute Gasteiger partial charge is 0.417 e. The highest BCUT2D eigenvalue weighted by Crippen LogP contribution is 2.36. The summed E-state index contributed by atoms with van der Waals surface area (Å²) < 4.78 is 61.4. The van der Waals surface area contributed by atoms with Crippen LogP contribution in [0.3, 0.4) is 0 Å². The van der Waals surface area contributed by atoms with Gasteiger partial charge in [-0.25, -0.2) is 9.37 Å². The summed E-state index contributed by atoms with van der Waals surface area (Å²) in [6, 6.07) is 14.3. The third-order valence-corrected chi connectivity index (χ3v) is 6.43. The van der Waals surface area contributed by atoms with Crippen molar-refractivity contribution in [1.29, 1.82) is 0 Å². The van der Waals surface area contributed by atoms with E-state index in [0.29, 0.717) is 26.8 Å². The maximum Gasteiger partial charge on any atom is 0.417 e. The SMILES string of the molecule is C[C@H](NC(=O)C(C)(C)Oc1ccc(C(F)(F)F)cn1)C(F)(Cc1ccc(Cl)cc1)c1cccc(Br)c1. The minimum atomic E-state index is -4.55. The van der Waals surface area contributed by atoms with Crippen molar-refractivity contribution in [2.24, 2.45) is 0 Å². The van der Waals surface area contributed by atoms with Gasteiger partial charge < -0.3 is 10.1 Å². The molecule has 192 valence electrons. The summed E-state index contributed by atoms with van der Waals surface area (Å²) in [5.74, 6) is -0.833. The van der Waals surface area contributed by atoms with Gasteiger partial charge >= 0.3 is 6.18 Å². The molecule has 10 heteroatoms. The fraction of sp³-hybridized carbons (Fsp3) is 0.308. The molecule has 0 aliphatic heterocycles. The molecule has 0 bridgehead atoms. The number of pyridine rings is 1. The number of rotatable bonds is 8. The molecule has 1 unspecified atom stereocenters. The summed E-state index contributed by atoms with van der Waals surface area (Å²) in [4.78, 5) is 16.8. The average molecular weight is 588 g/mol. The number of halogens is 6. The van der Waals surface area contributed by atoms with Gasteiger partial charge in [0.05, 0.1) is 11.6 Å². The van der Waals surface area contributed by atoms with Gasteiger partial charge in [-0.15, -0.1) is 0 Å². The van der Waals surface area contributed by atoms with Gasteiger partial charge in [0.15, 0.2) is 11.3 Å². The zero-order valence-corrected chi connectivity index (χ0v) is 22.0. The standard InChI is InChI=1S/C26H24BrClF4N2O2/c1-16(34-23(35)24(2,3)36-22-12-9-19(15-33-22)26(30,31)32)25(29,18-5-4-6-20(27)13-18)14-17-7-10-21(28)11-8-17/h4-13,15-16H,14H2,1-3H3,(H,34,35)/t16-,25?/m0/s1. The van der Waals surface area contributed by atoms with E-state index >= 15 is 4.39 Å². The number of hydrogen-bond acceptors (Lipinski definition) is 3.